The van der Waals surface area contributed by atoms with Gasteiger partial charge in [-0.1, -0.05) is 18.5 Å². The molecule has 0 saturated carbocycles. The lowest BCUT2D eigenvalue weighted by Gasteiger charge is -2.02. The predicted octanol–water partition coefficient (Wildman–Crippen LogP) is 2.11. The molecule has 0 aromatic carbocycles. The third kappa shape index (κ3) is 2.41. The largest absolute Gasteiger partial charge is 0.378 e. The predicted molar refractivity (Wildman–Crippen MR) is 42.2 cm³/mol. The van der Waals surface area contributed by atoms with Crippen molar-refractivity contribution in [1.29, 1.82) is 0 Å². The Hall–Kier alpha value is -0.730. The van der Waals surface area contributed by atoms with Gasteiger partial charge in [0.15, 0.2) is 0 Å². The van der Waals surface area contributed by atoms with E-state index in [-0.39, 0.29) is 6.10 Å². The molecule has 0 N–H and O–H groups in total. The summed E-state index contributed by atoms with van der Waals surface area (Å²) in [5, 5.41) is 3.48. The minimum absolute atomic E-state index is 0.177. The van der Waals surface area contributed by atoms with Crippen molar-refractivity contribution in [3.63, 3.8) is 0 Å². The van der Waals surface area contributed by atoms with Gasteiger partial charge in [0.25, 0.3) is 0 Å². The molecule has 0 aromatic rings. The second kappa shape index (κ2) is 4.21. The van der Waals surface area contributed by atoms with E-state index in [1.54, 1.807) is 0 Å². The fraction of sp³-hybridized carbons (Fsp3) is 1.00. The van der Waals surface area contributed by atoms with Crippen LogP contribution in [0.1, 0.15) is 19.8 Å². The lowest BCUT2D eigenvalue weighted by atomic mass is 10.0. The molecule has 0 aliphatic carbocycles. The normalized spacial score (nSPS) is 29.9. The summed E-state index contributed by atoms with van der Waals surface area (Å²) in [6, 6.07) is 0. The van der Waals surface area contributed by atoms with Crippen molar-refractivity contribution in [1.82, 2.24) is 0 Å². The average Bonchev–Trinajstić information content (AvgIpc) is 2.48. The molecule has 0 amide bonds. The standard InChI is InChI=1S/C7H13N3O/c1-2-6-3-7(11-5-6)4-9-10-8/h6-7H,2-5H2,1H3/t6-,7-/m1/s1. The molecule has 2 atom stereocenters. The van der Waals surface area contributed by atoms with Gasteiger partial charge in [-0.15, -0.1) is 0 Å². The van der Waals surface area contributed by atoms with Crippen LogP contribution < -0.4 is 0 Å². The number of ether oxygens (including phenoxy) is 1. The lowest BCUT2D eigenvalue weighted by molar-refractivity contribution is 0.112. The number of nitrogens with zero attached hydrogens (tertiary/aromatic N) is 3. The molecule has 11 heavy (non-hydrogen) atoms. The monoisotopic (exact) mass is 155 g/mol. The summed E-state index contributed by atoms with van der Waals surface area (Å²) in [4.78, 5) is 2.70. The van der Waals surface area contributed by atoms with Crippen LogP contribution in [0.4, 0.5) is 0 Å². The topological polar surface area (TPSA) is 58.0 Å². The number of hydrogen-bond acceptors (Lipinski definition) is 2. The zero-order valence-corrected chi connectivity index (χ0v) is 6.73. The van der Waals surface area contributed by atoms with Crippen LogP contribution in [0.3, 0.4) is 0 Å². The van der Waals surface area contributed by atoms with Gasteiger partial charge < -0.3 is 4.74 Å². The molecule has 1 aliphatic rings. The van der Waals surface area contributed by atoms with Gasteiger partial charge >= 0.3 is 0 Å². The Labute approximate surface area is 66.2 Å². The zero-order chi connectivity index (χ0) is 8.10. The van der Waals surface area contributed by atoms with E-state index in [1.165, 1.54) is 0 Å². The minimum atomic E-state index is 0.177. The molecule has 1 rings (SSSR count). The van der Waals surface area contributed by atoms with Gasteiger partial charge in [0, 0.05) is 11.5 Å². The summed E-state index contributed by atoms with van der Waals surface area (Å²) in [6.45, 7) is 3.49. The highest BCUT2D eigenvalue weighted by molar-refractivity contribution is 4.74. The maximum atomic E-state index is 8.05. The average molecular weight is 155 g/mol. The first-order valence-corrected chi connectivity index (χ1v) is 3.99. The lowest BCUT2D eigenvalue weighted by Crippen LogP contribution is -2.08. The molecule has 62 valence electrons. The van der Waals surface area contributed by atoms with Crippen molar-refractivity contribution in [2.45, 2.75) is 25.9 Å². The van der Waals surface area contributed by atoms with Crippen molar-refractivity contribution in [3.8, 4) is 0 Å². The molecule has 4 nitrogen and oxygen atoms in total. The van der Waals surface area contributed by atoms with Crippen molar-refractivity contribution in [2.75, 3.05) is 13.2 Å². The second-order valence-corrected chi connectivity index (χ2v) is 2.88. The summed E-state index contributed by atoms with van der Waals surface area (Å²) < 4.78 is 5.39. The van der Waals surface area contributed by atoms with E-state index in [0.717, 1.165) is 19.4 Å². The first kappa shape index (κ1) is 8.37. The number of hydrogen-bond donors (Lipinski definition) is 0. The molecule has 1 aliphatic heterocycles. The molecule has 0 unspecified atom stereocenters. The molecule has 0 aromatic heterocycles. The minimum Gasteiger partial charge on any atom is -0.378 e. The van der Waals surface area contributed by atoms with Crippen LogP contribution in [-0.4, -0.2) is 19.3 Å². The van der Waals surface area contributed by atoms with Gasteiger partial charge in [0.1, 0.15) is 0 Å². The van der Waals surface area contributed by atoms with E-state index in [1.807, 2.05) is 0 Å². The van der Waals surface area contributed by atoms with Gasteiger partial charge in [-0.25, -0.2) is 0 Å². The van der Waals surface area contributed by atoms with E-state index in [0.29, 0.717) is 12.5 Å². The highest BCUT2D eigenvalue weighted by atomic mass is 16.5. The summed E-state index contributed by atoms with van der Waals surface area (Å²) in [5.74, 6) is 0.675. The molecule has 1 fully saturated rings. The SMILES string of the molecule is CC[C@H]1CO[C@@H](CN=[N+]=[N-])C1. The molecule has 1 heterocycles. The van der Waals surface area contributed by atoms with E-state index in [9.17, 15) is 0 Å². The highest BCUT2D eigenvalue weighted by Gasteiger charge is 2.22. The van der Waals surface area contributed by atoms with Crippen molar-refractivity contribution < 1.29 is 4.74 Å². The number of azide groups is 1. The van der Waals surface area contributed by atoms with Crippen molar-refractivity contribution >= 4 is 0 Å². The third-order valence-electron chi connectivity index (χ3n) is 2.09. The van der Waals surface area contributed by atoms with E-state index in [2.05, 4.69) is 16.9 Å². The third-order valence-corrected chi connectivity index (χ3v) is 2.09. The van der Waals surface area contributed by atoms with Gasteiger partial charge in [-0.3, -0.25) is 0 Å². The summed E-state index contributed by atoms with van der Waals surface area (Å²) in [5.41, 5.74) is 8.05. The molecular weight excluding hydrogens is 142 g/mol. The molecule has 0 spiro atoms. The van der Waals surface area contributed by atoms with Crippen LogP contribution in [0.15, 0.2) is 5.11 Å². The van der Waals surface area contributed by atoms with Crippen molar-refractivity contribution in [3.05, 3.63) is 10.4 Å². The molecule has 1 saturated heterocycles. The smallest absolute Gasteiger partial charge is 0.0635 e. The Morgan fingerprint density at radius 2 is 2.55 bits per heavy atom. The molecule has 0 bridgehead atoms. The van der Waals surface area contributed by atoms with Gasteiger partial charge in [0.2, 0.25) is 0 Å². The van der Waals surface area contributed by atoms with E-state index in [4.69, 9.17) is 10.3 Å². The number of rotatable bonds is 3. The first-order chi connectivity index (χ1) is 5.36. The van der Waals surface area contributed by atoms with Crippen molar-refractivity contribution in [2.24, 2.45) is 11.0 Å². The Balaban J connectivity index is 2.24. The Morgan fingerprint density at radius 3 is 3.09 bits per heavy atom. The van der Waals surface area contributed by atoms with Crippen LogP contribution >= 0.6 is 0 Å². The summed E-state index contributed by atoms with van der Waals surface area (Å²) in [6.07, 6.45) is 2.39. The Morgan fingerprint density at radius 1 is 1.73 bits per heavy atom. The molecular formula is C7H13N3O. The van der Waals surface area contributed by atoms with Crippen LogP contribution in [-0.2, 0) is 4.74 Å². The first-order valence-electron chi connectivity index (χ1n) is 3.99. The maximum absolute atomic E-state index is 8.05. The van der Waals surface area contributed by atoms with Gasteiger partial charge in [0.05, 0.1) is 12.6 Å². The maximum Gasteiger partial charge on any atom is 0.0635 e. The fourth-order valence-electron chi connectivity index (χ4n) is 1.32. The molecule has 4 heteroatoms. The van der Waals surface area contributed by atoms with E-state index >= 15 is 0 Å². The quantitative estimate of drug-likeness (QED) is 0.350. The summed E-state index contributed by atoms with van der Waals surface area (Å²) in [7, 11) is 0. The van der Waals surface area contributed by atoms with Crippen LogP contribution in [0.2, 0.25) is 0 Å². The fourth-order valence-corrected chi connectivity index (χ4v) is 1.32. The summed E-state index contributed by atoms with van der Waals surface area (Å²) >= 11 is 0. The van der Waals surface area contributed by atoms with Gasteiger partial charge in [-0.2, -0.15) is 0 Å². The Kier molecular flexibility index (Phi) is 3.20. The zero-order valence-electron chi connectivity index (χ0n) is 6.73. The van der Waals surface area contributed by atoms with Crippen LogP contribution in [0, 0.1) is 5.92 Å². The molecule has 0 radical (unpaired) electrons. The second-order valence-electron chi connectivity index (χ2n) is 2.88. The van der Waals surface area contributed by atoms with Gasteiger partial charge in [-0.05, 0) is 17.9 Å². The van der Waals surface area contributed by atoms with Crippen LogP contribution in [0.5, 0.6) is 0 Å². The Bertz CT molecular complexity index is 165. The van der Waals surface area contributed by atoms with E-state index < -0.39 is 0 Å². The highest BCUT2D eigenvalue weighted by Crippen LogP contribution is 2.22. The van der Waals surface area contributed by atoms with Crippen LogP contribution in [0.25, 0.3) is 10.4 Å².